The summed E-state index contributed by atoms with van der Waals surface area (Å²) in [6.07, 6.45) is 0. The molecule has 0 aliphatic rings. The lowest BCUT2D eigenvalue weighted by Gasteiger charge is -2.23. The first-order valence-electron chi connectivity index (χ1n) is 5.69. The monoisotopic (exact) mass is 263 g/mol. The van der Waals surface area contributed by atoms with Gasteiger partial charge in [-0.2, -0.15) is 4.33 Å². The van der Waals surface area contributed by atoms with Crippen molar-refractivity contribution < 1.29 is 14.6 Å². The third kappa shape index (κ3) is 2.84. The highest BCUT2D eigenvalue weighted by Gasteiger charge is 2.19. The van der Waals surface area contributed by atoms with Crippen molar-refractivity contribution >= 4 is 22.8 Å². The third-order valence-corrected chi connectivity index (χ3v) is 3.45. The molecule has 0 fully saturated rings. The van der Waals surface area contributed by atoms with E-state index in [1.807, 2.05) is 24.3 Å². The highest BCUT2D eigenvalue weighted by Crippen LogP contribution is 2.35. The number of benzene rings is 2. The van der Waals surface area contributed by atoms with E-state index in [4.69, 9.17) is 0 Å². The normalized spacial score (nSPS) is 12.0. The summed E-state index contributed by atoms with van der Waals surface area (Å²) in [5.74, 6) is 0. The lowest BCUT2D eigenvalue weighted by atomic mass is 9.86. The molecule has 0 amide bonds. The second-order valence-corrected chi connectivity index (χ2v) is 5.91. The molecule has 0 N–H and O–H groups in total. The van der Waals surface area contributed by atoms with Gasteiger partial charge in [-0.25, -0.2) is 0 Å². The summed E-state index contributed by atoms with van der Waals surface area (Å²) in [5, 5.41) is 15.7. The van der Waals surface area contributed by atoms with Crippen LogP contribution in [0, 0.1) is 0 Å². The van der Waals surface area contributed by atoms with Gasteiger partial charge in [0.15, 0.2) is 0 Å². The highest BCUT2D eigenvalue weighted by atomic mass is 32.2. The molecule has 96 valence electrons. The van der Waals surface area contributed by atoms with Crippen LogP contribution in [-0.4, -0.2) is 0 Å². The molecule has 2 aromatic rings. The molecule has 3 nitrogen and oxygen atoms in total. The predicted molar refractivity (Wildman–Crippen MR) is 70.7 cm³/mol. The molecule has 0 atom stereocenters. The number of fused-ring (bicyclic) bond motifs is 1. The van der Waals surface area contributed by atoms with Crippen molar-refractivity contribution in [3.05, 3.63) is 42.0 Å². The first-order chi connectivity index (χ1) is 8.52. The Morgan fingerprint density at radius 2 is 1.67 bits per heavy atom. The van der Waals surface area contributed by atoms with Gasteiger partial charge in [-0.15, -0.1) is 0 Å². The van der Waals surface area contributed by atoms with Crippen LogP contribution in [0.25, 0.3) is 10.8 Å². The summed E-state index contributed by atoms with van der Waals surface area (Å²) in [7, 11) is 0. The van der Waals surface area contributed by atoms with Gasteiger partial charge in [-0.3, -0.25) is 5.04 Å². The average Bonchev–Trinajstić information content (AvgIpc) is 2.34. The fourth-order valence-electron chi connectivity index (χ4n) is 1.92. The first kappa shape index (κ1) is 13.4. The van der Waals surface area contributed by atoms with Gasteiger partial charge in [0.25, 0.3) is 0 Å². The molecule has 2 aromatic carbocycles. The number of hydrogen-bond acceptors (Lipinski definition) is 4. The standard InChI is InChI=1S/C14H16O3S/c1-14(2,3)12-8-10-6-4-5-7-11(10)9-13(12)18-17-16-15/h4-9,15H,1-3H3/p-1. The third-order valence-electron chi connectivity index (χ3n) is 2.81. The van der Waals surface area contributed by atoms with E-state index in [0.29, 0.717) is 0 Å². The molecule has 0 bridgehead atoms. The van der Waals surface area contributed by atoms with E-state index < -0.39 is 0 Å². The summed E-state index contributed by atoms with van der Waals surface area (Å²) < 4.78 is 4.47. The van der Waals surface area contributed by atoms with E-state index in [2.05, 4.69) is 42.3 Å². The fourth-order valence-corrected chi connectivity index (χ4v) is 2.66. The van der Waals surface area contributed by atoms with Crippen LogP contribution in [0.1, 0.15) is 26.3 Å². The smallest absolute Gasteiger partial charge is 0.0677 e. The zero-order valence-electron chi connectivity index (χ0n) is 10.6. The second kappa shape index (κ2) is 5.28. The summed E-state index contributed by atoms with van der Waals surface area (Å²) in [4.78, 5) is 0.900. The maximum absolute atomic E-state index is 9.98. The van der Waals surface area contributed by atoms with E-state index in [1.54, 1.807) is 0 Å². The van der Waals surface area contributed by atoms with Crippen molar-refractivity contribution in [2.45, 2.75) is 31.1 Å². The van der Waals surface area contributed by atoms with Crippen LogP contribution in [0.4, 0.5) is 0 Å². The lowest BCUT2D eigenvalue weighted by Crippen LogP contribution is -2.13. The quantitative estimate of drug-likeness (QED) is 0.483. The van der Waals surface area contributed by atoms with E-state index in [0.717, 1.165) is 27.9 Å². The molecule has 4 heteroatoms. The van der Waals surface area contributed by atoms with Crippen molar-refractivity contribution in [3.8, 4) is 0 Å². The summed E-state index contributed by atoms with van der Waals surface area (Å²) in [6.45, 7) is 6.37. The highest BCUT2D eigenvalue weighted by molar-refractivity contribution is 7.94. The van der Waals surface area contributed by atoms with Gasteiger partial charge in [0.1, 0.15) is 0 Å². The number of hydrogen-bond donors (Lipinski definition) is 0. The zero-order chi connectivity index (χ0) is 13.2. The molecule has 0 radical (unpaired) electrons. The van der Waals surface area contributed by atoms with Crippen LogP contribution in [0.15, 0.2) is 41.3 Å². The molecular formula is C14H15O3S-. The Balaban J connectivity index is 2.56. The van der Waals surface area contributed by atoms with E-state index in [1.165, 1.54) is 5.39 Å². The van der Waals surface area contributed by atoms with Crippen molar-refractivity contribution in [1.29, 1.82) is 0 Å². The molecule has 2 rings (SSSR count). The van der Waals surface area contributed by atoms with Gasteiger partial charge in [-0.05, 0) is 33.9 Å². The Kier molecular flexibility index (Phi) is 3.92. The Morgan fingerprint density at radius 3 is 2.22 bits per heavy atom. The van der Waals surface area contributed by atoms with Gasteiger partial charge < -0.3 is 5.26 Å². The molecule has 0 aliphatic carbocycles. The molecule has 0 aromatic heterocycles. The van der Waals surface area contributed by atoms with Gasteiger partial charge in [0.2, 0.25) is 0 Å². The van der Waals surface area contributed by atoms with Crippen LogP contribution in [0.3, 0.4) is 0 Å². The Hall–Kier alpha value is -1.07. The predicted octanol–water partition coefficient (Wildman–Crippen LogP) is 3.37. The molecule has 0 heterocycles. The maximum atomic E-state index is 9.98. The van der Waals surface area contributed by atoms with E-state index in [-0.39, 0.29) is 5.41 Å². The Morgan fingerprint density at radius 1 is 1.06 bits per heavy atom. The van der Waals surface area contributed by atoms with Crippen LogP contribution in [0.2, 0.25) is 0 Å². The van der Waals surface area contributed by atoms with Crippen LogP contribution >= 0.6 is 12.0 Å². The van der Waals surface area contributed by atoms with Crippen molar-refractivity contribution in [3.63, 3.8) is 0 Å². The maximum Gasteiger partial charge on any atom is 0.0677 e. The Bertz CT molecular complexity index is 546. The minimum atomic E-state index is -0.0292. The molecule has 0 aliphatic heterocycles. The van der Waals surface area contributed by atoms with Crippen molar-refractivity contribution in [2.75, 3.05) is 0 Å². The molecule has 0 spiro atoms. The largest absolute Gasteiger partial charge is 0.691 e. The molecule has 0 saturated heterocycles. The Labute approximate surface area is 111 Å². The fraction of sp³-hybridized carbons (Fsp3) is 0.286. The second-order valence-electron chi connectivity index (χ2n) is 5.16. The number of rotatable bonds is 3. The zero-order valence-corrected chi connectivity index (χ0v) is 11.4. The van der Waals surface area contributed by atoms with Crippen LogP contribution < -0.4 is 5.26 Å². The average molecular weight is 263 g/mol. The van der Waals surface area contributed by atoms with Crippen LogP contribution in [0.5, 0.6) is 0 Å². The van der Waals surface area contributed by atoms with Crippen LogP contribution in [-0.2, 0) is 14.8 Å². The molecule has 0 saturated carbocycles. The SMILES string of the molecule is CC(C)(C)c1cc2ccccc2cc1SOO[O-]. The van der Waals surface area contributed by atoms with Gasteiger partial charge in [0, 0.05) is 4.90 Å². The molecule has 18 heavy (non-hydrogen) atoms. The summed E-state index contributed by atoms with van der Waals surface area (Å²) in [5.41, 5.74) is 1.10. The minimum Gasteiger partial charge on any atom is -0.691 e. The first-order valence-corrected chi connectivity index (χ1v) is 6.43. The van der Waals surface area contributed by atoms with Crippen molar-refractivity contribution in [2.24, 2.45) is 0 Å². The lowest BCUT2D eigenvalue weighted by molar-refractivity contribution is -0.777. The minimum absolute atomic E-state index is 0.0292. The topological polar surface area (TPSA) is 41.5 Å². The summed E-state index contributed by atoms with van der Waals surface area (Å²) >= 11 is 0.954. The molecular weight excluding hydrogens is 248 g/mol. The van der Waals surface area contributed by atoms with E-state index >= 15 is 0 Å². The van der Waals surface area contributed by atoms with Gasteiger partial charge in [-0.1, -0.05) is 45.0 Å². The van der Waals surface area contributed by atoms with Gasteiger partial charge in [0.05, 0.1) is 12.0 Å². The van der Waals surface area contributed by atoms with E-state index in [9.17, 15) is 5.26 Å². The van der Waals surface area contributed by atoms with Crippen molar-refractivity contribution in [1.82, 2.24) is 0 Å². The summed E-state index contributed by atoms with van der Waals surface area (Å²) in [6, 6.07) is 12.2. The van der Waals surface area contributed by atoms with Gasteiger partial charge >= 0.3 is 0 Å². The molecule has 0 unspecified atom stereocenters.